The smallest absolute Gasteiger partial charge is 0.258 e. The van der Waals surface area contributed by atoms with Gasteiger partial charge in [-0.25, -0.2) is 4.98 Å². The van der Waals surface area contributed by atoms with Crippen molar-refractivity contribution in [3.05, 3.63) is 64.2 Å². The molecule has 6 heteroatoms. The van der Waals surface area contributed by atoms with Crippen LogP contribution in [-0.2, 0) is 6.54 Å². The van der Waals surface area contributed by atoms with Gasteiger partial charge in [0.1, 0.15) is 5.82 Å². The second-order valence-electron chi connectivity index (χ2n) is 6.25. The van der Waals surface area contributed by atoms with Gasteiger partial charge in [-0.2, -0.15) is 0 Å². The summed E-state index contributed by atoms with van der Waals surface area (Å²) >= 11 is 0. The molecule has 0 bridgehead atoms. The zero-order valence-electron chi connectivity index (χ0n) is 15.4. The number of para-hydroxylation sites is 1. The van der Waals surface area contributed by atoms with Crippen molar-refractivity contribution in [1.82, 2.24) is 14.9 Å². The van der Waals surface area contributed by atoms with Crippen molar-refractivity contribution in [1.29, 1.82) is 0 Å². The van der Waals surface area contributed by atoms with Gasteiger partial charge < -0.3 is 14.5 Å². The first-order valence-corrected chi connectivity index (χ1v) is 8.43. The third kappa shape index (κ3) is 3.55. The monoisotopic (exact) mass is 353 g/mol. The summed E-state index contributed by atoms with van der Waals surface area (Å²) in [7, 11) is 5.24. The molecule has 0 aliphatic rings. The molecule has 0 unspecified atom stereocenters. The van der Waals surface area contributed by atoms with Gasteiger partial charge in [0, 0.05) is 6.54 Å². The molecule has 0 amide bonds. The Hall–Kier alpha value is -2.86. The van der Waals surface area contributed by atoms with Gasteiger partial charge in [-0.15, -0.1) is 0 Å². The molecule has 1 aromatic heterocycles. The molecule has 3 rings (SSSR count). The van der Waals surface area contributed by atoms with Gasteiger partial charge >= 0.3 is 0 Å². The minimum absolute atomic E-state index is 0.0552. The fraction of sp³-hybridized carbons (Fsp3) is 0.300. The lowest BCUT2D eigenvalue weighted by molar-refractivity contribution is 0.243. The third-order valence-corrected chi connectivity index (χ3v) is 4.57. The van der Waals surface area contributed by atoms with E-state index in [1.54, 1.807) is 20.3 Å². The number of nitrogens with zero attached hydrogens (tertiary/aromatic N) is 2. The third-order valence-electron chi connectivity index (χ3n) is 4.57. The van der Waals surface area contributed by atoms with Gasteiger partial charge in [0.15, 0.2) is 11.5 Å². The van der Waals surface area contributed by atoms with Crippen LogP contribution in [0.15, 0.2) is 47.3 Å². The Morgan fingerprint density at radius 2 is 1.85 bits per heavy atom. The van der Waals surface area contributed by atoms with E-state index in [1.165, 1.54) is 0 Å². The lowest BCUT2D eigenvalue weighted by atomic mass is 10.1. The zero-order valence-corrected chi connectivity index (χ0v) is 15.4. The van der Waals surface area contributed by atoms with E-state index in [-0.39, 0.29) is 11.6 Å². The maximum Gasteiger partial charge on any atom is 0.258 e. The zero-order chi connectivity index (χ0) is 18.7. The fourth-order valence-electron chi connectivity index (χ4n) is 2.92. The lowest BCUT2D eigenvalue weighted by Gasteiger charge is -2.24. The molecule has 0 saturated heterocycles. The van der Waals surface area contributed by atoms with Crippen molar-refractivity contribution in [2.24, 2.45) is 0 Å². The molecule has 6 nitrogen and oxygen atoms in total. The molecule has 136 valence electrons. The summed E-state index contributed by atoms with van der Waals surface area (Å²) in [6.45, 7) is 2.70. The standard InChI is InChI=1S/C20H23N3O3/c1-13(19-21-16-8-6-5-7-15(16)20(24)22-19)23(2)12-14-9-10-17(25-3)18(11-14)26-4/h5-11,13H,12H2,1-4H3,(H,21,22,24)/t13-/m0/s1. The number of hydrogen-bond donors (Lipinski definition) is 1. The number of H-pyrrole nitrogens is 1. The van der Waals surface area contributed by atoms with Gasteiger partial charge in [-0.05, 0) is 43.8 Å². The van der Waals surface area contributed by atoms with Crippen LogP contribution in [0.25, 0.3) is 10.9 Å². The summed E-state index contributed by atoms with van der Waals surface area (Å²) in [4.78, 5) is 21.9. The summed E-state index contributed by atoms with van der Waals surface area (Å²) in [6, 6.07) is 13.2. The molecule has 0 fully saturated rings. The number of nitrogens with one attached hydrogen (secondary N) is 1. The fourth-order valence-corrected chi connectivity index (χ4v) is 2.92. The summed E-state index contributed by atoms with van der Waals surface area (Å²) in [6.07, 6.45) is 0. The summed E-state index contributed by atoms with van der Waals surface area (Å²) in [5.74, 6) is 2.05. The van der Waals surface area contributed by atoms with Crippen LogP contribution < -0.4 is 15.0 Å². The topological polar surface area (TPSA) is 67.5 Å². The van der Waals surface area contributed by atoms with E-state index in [0.29, 0.717) is 34.8 Å². The molecule has 0 spiro atoms. The number of rotatable bonds is 6. The minimum Gasteiger partial charge on any atom is -0.493 e. The summed E-state index contributed by atoms with van der Waals surface area (Å²) in [5.41, 5.74) is 1.68. The van der Waals surface area contributed by atoms with Crippen molar-refractivity contribution in [3.63, 3.8) is 0 Å². The van der Waals surface area contributed by atoms with Crippen LogP contribution in [0.1, 0.15) is 24.4 Å². The van der Waals surface area contributed by atoms with E-state index in [1.807, 2.05) is 50.4 Å². The van der Waals surface area contributed by atoms with E-state index in [9.17, 15) is 4.79 Å². The van der Waals surface area contributed by atoms with Crippen LogP contribution in [-0.4, -0.2) is 36.1 Å². The highest BCUT2D eigenvalue weighted by molar-refractivity contribution is 5.77. The molecule has 0 aliphatic heterocycles. The number of ether oxygens (including phenoxy) is 2. The highest BCUT2D eigenvalue weighted by atomic mass is 16.5. The van der Waals surface area contributed by atoms with Crippen LogP contribution in [0.3, 0.4) is 0 Å². The molecule has 26 heavy (non-hydrogen) atoms. The molecule has 0 aliphatic carbocycles. The van der Waals surface area contributed by atoms with Crippen LogP contribution in [0.2, 0.25) is 0 Å². The van der Waals surface area contributed by atoms with Crippen molar-refractivity contribution in [2.75, 3.05) is 21.3 Å². The predicted molar refractivity (Wildman–Crippen MR) is 102 cm³/mol. The molecule has 2 aromatic carbocycles. The predicted octanol–water partition coefficient (Wildman–Crippen LogP) is 3.13. The van der Waals surface area contributed by atoms with Gasteiger partial charge in [0.25, 0.3) is 5.56 Å². The van der Waals surface area contributed by atoms with E-state index in [0.717, 1.165) is 5.56 Å². The second kappa shape index (κ2) is 7.58. The first-order chi connectivity index (χ1) is 12.5. The van der Waals surface area contributed by atoms with E-state index in [4.69, 9.17) is 9.47 Å². The molecule has 3 aromatic rings. The van der Waals surface area contributed by atoms with Gasteiger partial charge in [-0.1, -0.05) is 18.2 Å². The molecule has 0 saturated carbocycles. The van der Waals surface area contributed by atoms with Gasteiger partial charge in [-0.3, -0.25) is 9.69 Å². The summed E-state index contributed by atoms with van der Waals surface area (Å²) < 4.78 is 10.6. The number of methoxy groups -OCH3 is 2. The van der Waals surface area contributed by atoms with Crippen LogP contribution in [0.4, 0.5) is 0 Å². The van der Waals surface area contributed by atoms with Crippen molar-refractivity contribution >= 4 is 10.9 Å². The van der Waals surface area contributed by atoms with E-state index in [2.05, 4.69) is 14.9 Å². The van der Waals surface area contributed by atoms with Crippen LogP contribution >= 0.6 is 0 Å². The molecule has 1 atom stereocenters. The Kier molecular flexibility index (Phi) is 5.23. The van der Waals surface area contributed by atoms with Gasteiger partial charge in [0.05, 0.1) is 31.2 Å². The Labute approximate surface area is 152 Å². The maximum atomic E-state index is 12.3. The average molecular weight is 353 g/mol. The van der Waals surface area contributed by atoms with Crippen LogP contribution in [0, 0.1) is 0 Å². The Morgan fingerprint density at radius 1 is 1.12 bits per heavy atom. The van der Waals surface area contributed by atoms with Gasteiger partial charge in [0.2, 0.25) is 0 Å². The lowest BCUT2D eigenvalue weighted by Crippen LogP contribution is -2.26. The molecule has 1 heterocycles. The average Bonchev–Trinajstić information content (AvgIpc) is 2.67. The second-order valence-corrected chi connectivity index (χ2v) is 6.25. The number of aromatic nitrogens is 2. The summed E-state index contributed by atoms with van der Waals surface area (Å²) in [5, 5.41) is 0.603. The van der Waals surface area contributed by atoms with E-state index < -0.39 is 0 Å². The first-order valence-electron chi connectivity index (χ1n) is 8.43. The van der Waals surface area contributed by atoms with Crippen LogP contribution in [0.5, 0.6) is 11.5 Å². The number of fused-ring (bicyclic) bond motifs is 1. The number of benzene rings is 2. The SMILES string of the molecule is COc1ccc(CN(C)[C@@H](C)c2nc3ccccc3c(=O)[nH]2)cc1OC. The molecule has 1 N–H and O–H groups in total. The minimum atomic E-state index is -0.114. The van der Waals surface area contributed by atoms with E-state index >= 15 is 0 Å². The quantitative estimate of drug-likeness (QED) is 0.737. The largest absolute Gasteiger partial charge is 0.493 e. The van der Waals surface area contributed by atoms with Crippen molar-refractivity contribution in [2.45, 2.75) is 19.5 Å². The highest BCUT2D eigenvalue weighted by Crippen LogP contribution is 2.28. The number of hydrogen-bond acceptors (Lipinski definition) is 5. The van der Waals surface area contributed by atoms with Crippen molar-refractivity contribution < 1.29 is 9.47 Å². The Morgan fingerprint density at radius 3 is 2.58 bits per heavy atom. The Balaban J connectivity index is 1.84. The van der Waals surface area contributed by atoms with Crippen molar-refractivity contribution in [3.8, 4) is 11.5 Å². The molecule has 0 radical (unpaired) electrons. The highest BCUT2D eigenvalue weighted by Gasteiger charge is 2.16. The number of aromatic amines is 1. The molecular weight excluding hydrogens is 330 g/mol. The Bertz CT molecular complexity index is 968. The maximum absolute atomic E-state index is 12.3. The normalized spacial score (nSPS) is 12.3. The first kappa shape index (κ1) is 17.9. The molecular formula is C20H23N3O3.